The summed E-state index contributed by atoms with van der Waals surface area (Å²) in [5, 5.41) is 0. The minimum absolute atomic E-state index is 0.685. The molecule has 18 heavy (non-hydrogen) atoms. The van der Waals surface area contributed by atoms with Gasteiger partial charge in [-0.2, -0.15) is 0 Å². The van der Waals surface area contributed by atoms with Gasteiger partial charge in [0.15, 0.2) is 0 Å². The summed E-state index contributed by atoms with van der Waals surface area (Å²) in [6.45, 7) is 2.92. The van der Waals surface area contributed by atoms with Crippen molar-refractivity contribution in [2.45, 2.75) is 0 Å². The van der Waals surface area contributed by atoms with Crippen LogP contribution >= 0.6 is 17.9 Å². The summed E-state index contributed by atoms with van der Waals surface area (Å²) in [6.07, 6.45) is 0. The Balaban J connectivity index is 2.03. The van der Waals surface area contributed by atoms with Crippen LogP contribution in [0.25, 0.3) is 0 Å². The summed E-state index contributed by atoms with van der Waals surface area (Å²) < 4.78 is 18.3. The third-order valence-corrected chi connectivity index (χ3v) is 6.11. The summed E-state index contributed by atoms with van der Waals surface area (Å²) in [7, 11) is 1.63. The lowest BCUT2D eigenvalue weighted by atomic mass is 10.3. The summed E-state index contributed by atoms with van der Waals surface area (Å²) in [4.78, 5) is 0. The van der Waals surface area contributed by atoms with Gasteiger partial charge in [0.25, 0.3) is 0 Å². The van der Waals surface area contributed by atoms with Gasteiger partial charge in [0.05, 0.1) is 20.3 Å². The smallest absolute Gasteiger partial charge is 0.234 e. The van der Waals surface area contributed by atoms with Crippen molar-refractivity contribution in [1.29, 1.82) is 0 Å². The molecule has 0 aliphatic carbocycles. The summed E-state index contributed by atoms with van der Waals surface area (Å²) in [6, 6.07) is 7.38. The van der Waals surface area contributed by atoms with Gasteiger partial charge in [-0.1, -0.05) is 12.2 Å². The molecule has 0 saturated carbocycles. The van der Waals surface area contributed by atoms with Crippen LogP contribution in [0.5, 0.6) is 11.5 Å². The quantitative estimate of drug-likeness (QED) is 0.682. The number of methoxy groups -OCH3 is 1. The van der Waals surface area contributed by atoms with Gasteiger partial charge in [-0.25, -0.2) is 4.67 Å². The molecule has 1 fully saturated rings. The molecule has 2 rings (SSSR count). The number of thiol groups is 1. The van der Waals surface area contributed by atoms with Gasteiger partial charge in [-0.15, -0.1) is 0 Å². The van der Waals surface area contributed by atoms with E-state index in [-0.39, 0.29) is 0 Å². The highest BCUT2D eigenvalue weighted by Crippen LogP contribution is 2.55. The van der Waals surface area contributed by atoms with Crippen molar-refractivity contribution in [2.75, 3.05) is 33.4 Å². The lowest BCUT2D eigenvalue weighted by Crippen LogP contribution is -2.33. The third kappa shape index (κ3) is 3.62. The van der Waals surface area contributed by atoms with Crippen molar-refractivity contribution in [3.8, 4) is 11.5 Å². The fraction of sp³-hybridized carbons (Fsp3) is 0.455. The van der Waals surface area contributed by atoms with E-state index in [0.717, 1.165) is 24.6 Å². The van der Waals surface area contributed by atoms with E-state index in [0.29, 0.717) is 13.2 Å². The normalized spacial score (nSPS) is 20.1. The van der Waals surface area contributed by atoms with E-state index < -0.39 is 5.62 Å². The second-order valence-corrected chi connectivity index (χ2v) is 9.48. The standard InChI is InChI=1S/C11H16NO3PS2/c1-13-10-2-4-11(5-3-10)15-16(17,18)12-6-8-14-9-7-12/h2-5H,6-9H2,1H3,(H,17,18). The van der Waals surface area contributed by atoms with Gasteiger partial charge in [0.1, 0.15) is 11.5 Å². The zero-order valence-corrected chi connectivity index (χ0v) is 12.7. The highest BCUT2D eigenvalue weighted by Gasteiger charge is 2.26. The fourth-order valence-electron chi connectivity index (χ4n) is 1.64. The van der Waals surface area contributed by atoms with Gasteiger partial charge in [0.2, 0.25) is 5.62 Å². The summed E-state index contributed by atoms with van der Waals surface area (Å²) in [5.74, 6) is 1.52. The minimum atomic E-state index is -2.27. The predicted molar refractivity (Wildman–Crippen MR) is 79.3 cm³/mol. The Kier molecular flexibility index (Phi) is 4.92. The Hall–Kier alpha value is -0.260. The van der Waals surface area contributed by atoms with Crippen LogP contribution in [0.2, 0.25) is 0 Å². The molecule has 1 aliphatic rings. The minimum Gasteiger partial charge on any atom is -0.497 e. The Morgan fingerprint density at radius 3 is 2.33 bits per heavy atom. The third-order valence-electron chi connectivity index (χ3n) is 2.63. The molecule has 4 nitrogen and oxygen atoms in total. The van der Waals surface area contributed by atoms with Gasteiger partial charge in [-0.05, 0) is 36.1 Å². The van der Waals surface area contributed by atoms with Crippen LogP contribution < -0.4 is 9.26 Å². The molecule has 0 bridgehead atoms. The van der Waals surface area contributed by atoms with Gasteiger partial charge in [-0.3, -0.25) is 0 Å². The molecule has 0 amide bonds. The highest BCUT2D eigenvalue weighted by molar-refractivity contribution is 8.61. The number of ether oxygens (including phenoxy) is 2. The molecule has 1 heterocycles. The van der Waals surface area contributed by atoms with E-state index in [4.69, 9.17) is 25.8 Å². The number of nitrogens with zero attached hydrogens (tertiary/aromatic N) is 1. The van der Waals surface area contributed by atoms with Crippen LogP contribution in [0.1, 0.15) is 0 Å². The molecule has 1 aromatic carbocycles. The second-order valence-electron chi connectivity index (χ2n) is 3.82. The molecule has 0 spiro atoms. The first kappa shape index (κ1) is 14.2. The molecular weight excluding hydrogens is 289 g/mol. The lowest BCUT2D eigenvalue weighted by Gasteiger charge is -2.33. The van der Waals surface area contributed by atoms with Gasteiger partial charge < -0.3 is 14.0 Å². The van der Waals surface area contributed by atoms with E-state index in [1.165, 1.54) is 0 Å². The fourth-order valence-corrected chi connectivity index (χ4v) is 4.39. The predicted octanol–water partition coefficient (Wildman–Crippen LogP) is 2.56. The van der Waals surface area contributed by atoms with Crippen molar-refractivity contribution in [3.05, 3.63) is 24.3 Å². The zero-order chi connectivity index (χ0) is 13.0. The molecule has 0 N–H and O–H groups in total. The van der Waals surface area contributed by atoms with Crippen LogP contribution in [0.15, 0.2) is 24.3 Å². The van der Waals surface area contributed by atoms with E-state index in [1.807, 2.05) is 24.3 Å². The number of hydrogen-bond donors (Lipinski definition) is 1. The van der Waals surface area contributed by atoms with Crippen molar-refractivity contribution < 1.29 is 14.0 Å². The molecule has 1 atom stereocenters. The van der Waals surface area contributed by atoms with Crippen LogP contribution in [-0.4, -0.2) is 38.1 Å². The molecule has 0 radical (unpaired) electrons. The molecule has 1 saturated heterocycles. The average molecular weight is 305 g/mol. The van der Waals surface area contributed by atoms with Crippen LogP contribution in [0.4, 0.5) is 0 Å². The van der Waals surface area contributed by atoms with Crippen molar-refractivity contribution >= 4 is 29.7 Å². The summed E-state index contributed by atoms with van der Waals surface area (Å²) in [5.41, 5.74) is -2.27. The Labute approximate surface area is 118 Å². The first-order chi connectivity index (χ1) is 8.62. The maximum absolute atomic E-state index is 5.85. The Morgan fingerprint density at radius 2 is 1.78 bits per heavy atom. The second kappa shape index (κ2) is 6.26. The number of benzene rings is 1. The molecule has 1 aliphatic heterocycles. The van der Waals surface area contributed by atoms with Crippen LogP contribution in [-0.2, 0) is 16.5 Å². The van der Waals surface area contributed by atoms with Crippen molar-refractivity contribution in [3.63, 3.8) is 0 Å². The van der Waals surface area contributed by atoms with Crippen molar-refractivity contribution in [2.24, 2.45) is 0 Å². The van der Waals surface area contributed by atoms with Gasteiger partial charge in [0, 0.05) is 13.1 Å². The van der Waals surface area contributed by atoms with Crippen LogP contribution in [0, 0.1) is 0 Å². The Morgan fingerprint density at radius 1 is 1.22 bits per heavy atom. The lowest BCUT2D eigenvalue weighted by molar-refractivity contribution is 0.0730. The molecule has 1 unspecified atom stereocenters. The number of morpholine rings is 1. The number of hydrogen-bond acceptors (Lipinski definition) is 4. The summed E-state index contributed by atoms with van der Waals surface area (Å²) >= 11 is 10.0. The molecule has 0 aromatic heterocycles. The molecule has 1 aromatic rings. The maximum atomic E-state index is 5.85. The topological polar surface area (TPSA) is 30.9 Å². The monoisotopic (exact) mass is 305 g/mol. The van der Waals surface area contributed by atoms with Gasteiger partial charge >= 0.3 is 0 Å². The van der Waals surface area contributed by atoms with E-state index >= 15 is 0 Å². The van der Waals surface area contributed by atoms with Crippen LogP contribution in [0.3, 0.4) is 0 Å². The van der Waals surface area contributed by atoms with E-state index in [1.54, 1.807) is 7.11 Å². The number of rotatable bonds is 4. The largest absolute Gasteiger partial charge is 0.497 e. The van der Waals surface area contributed by atoms with E-state index in [9.17, 15) is 0 Å². The van der Waals surface area contributed by atoms with E-state index in [2.05, 4.69) is 16.9 Å². The first-order valence-electron chi connectivity index (χ1n) is 5.61. The van der Waals surface area contributed by atoms with Crippen molar-refractivity contribution in [1.82, 2.24) is 4.67 Å². The highest BCUT2D eigenvalue weighted by atomic mass is 32.9. The average Bonchev–Trinajstić information content (AvgIpc) is 2.40. The maximum Gasteiger partial charge on any atom is 0.234 e. The molecular formula is C11H16NO3PS2. The Bertz CT molecular complexity index is 434. The zero-order valence-electron chi connectivity index (χ0n) is 10.1. The first-order valence-corrected chi connectivity index (χ1v) is 9.44. The molecule has 7 heteroatoms. The molecule has 100 valence electrons. The SMILES string of the molecule is COc1ccc(OP(=S)(S)N2CCOCC2)cc1.